The van der Waals surface area contributed by atoms with Gasteiger partial charge in [-0.1, -0.05) is 30.3 Å². The number of H-pyrrole nitrogens is 1. The van der Waals surface area contributed by atoms with Crippen molar-refractivity contribution in [3.05, 3.63) is 74.1 Å². The van der Waals surface area contributed by atoms with E-state index in [1.165, 1.54) is 16.0 Å². The Kier molecular flexibility index (Phi) is 3.98. The molecule has 0 unspecified atom stereocenters. The Morgan fingerprint density at radius 2 is 2.04 bits per heavy atom. The van der Waals surface area contributed by atoms with Gasteiger partial charge in [0.05, 0.1) is 5.69 Å². The summed E-state index contributed by atoms with van der Waals surface area (Å²) < 4.78 is 0. The largest absolute Gasteiger partial charge is 0.310 e. The van der Waals surface area contributed by atoms with E-state index in [9.17, 15) is 4.79 Å². The molecule has 132 valence electrons. The standard InChI is InChI=1S/C21H21N3OS/c25-21-18-8-9-24(12-19(18)22-20(23-21)15-6-7-15)11-17-10-16(13-26-17)14-4-2-1-3-5-14/h1-5,10,13,15H,6-9,11-12H2,(H,22,23,25). The van der Waals surface area contributed by atoms with Crippen LogP contribution in [0.15, 0.2) is 46.6 Å². The van der Waals surface area contributed by atoms with Gasteiger partial charge in [0.2, 0.25) is 0 Å². The highest BCUT2D eigenvalue weighted by molar-refractivity contribution is 7.10. The van der Waals surface area contributed by atoms with Crippen molar-refractivity contribution < 1.29 is 0 Å². The second-order valence-electron chi connectivity index (χ2n) is 7.28. The van der Waals surface area contributed by atoms with E-state index in [-0.39, 0.29) is 5.56 Å². The molecule has 4 nitrogen and oxygen atoms in total. The van der Waals surface area contributed by atoms with E-state index in [0.29, 0.717) is 5.92 Å². The molecule has 1 N–H and O–H groups in total. The van der Waals surface area contributed by atoms with Gasteiger partial charge < -0.3 is 4.98 Å². The molecule has 1 saturated carbocycles. The minimum Gasteiger partial charge on any atom is -0.310 e. The minimum absolute atomic E-state index is 0.0824. The molecule has 1 aliphatic heterocycles. The molecule has 1 fully saturated rings. The lowest BCUT2D eigenvalue weighted by molar-refractivity contribution is 0.242. The Morgan fingerprint density at radius 1 is 1.19 bits per heavy atom. The van der Waals surface area contributed by atoms with Crippen LogP contribution in [0.3, 0.4) is 0 Å². The first-order valence-electron chi connectivity index (χ1n) is 9.23. The lowest BCUT2D eigenvalue weighted by atomic mass is 10.1. The Labute approximate surface area is 156 Å². The Hall–Kier alpha value is -2.24. The summed E-state index contributed by atoms with van der Waals surface area (Å²) in [6, 6.07) is 12.8. The predicted molar refractivity (Wildman–Crippen MR) is 104 cm³/mol. The Morgan fingerprint density at radius 3 is 2.85 bits per heavy atom. The molecule has 0 saturated heterocycles. The van der Waals surface area contributed by atoms with Crippen molar-refractivity contribution in [3.63, 3.8) is 0 Å². The molecular weight excluding hydrogens is 342 g/mol. The third-order valence-electron chi connectivity index (χ3n) is 5.28. The molecule has 1 aromatic carbocycles. The average Bonchev–Trinajstić information content (AvgIpc) is 3.42. The maximum atomic E-state index is 12.3. The van der Waals surface area contributed by atoms with Gasteiger partial charge in [-0.15, -0.1) is 11.3 Å². The zero-order valence-electron chi connectivity index (χ0n) is 14.6. The van der Waals surface area contributed by atoms with E-state index >= 15 is 0 Å². The third-order valence-corrected chi connectivity index (χ3v) is 6.20. The minimum atomic E-state index is 0.0824. The van der Waals surface area contributed by atoms with Crippen LogP contribution in [0.1, 0.15) is 40.7 Å². The molecule has 0 atom stereocenters. The van der Waals surface area contributed by atoms with E-state index in [0.717, 1.165) is 56.0 Å². The fraction of sp³-hybridized carbons (Fsp3) is 0.333. The molecule has 3 aromatic rings. The first kappa shape index (κ1) is 16.0. The van der Waals surface area contributed by atoms with Gasteiger partial charge in [0.25, 0.3) is 5.56 Å². The van der Waals surface area contributed by atoms with Crippen LogP contribution in [0.25, 0.3) is 11.1 Å². The Balaban J connectivity index is 1.34. The second kappa shape index (κ2) is 6.49. The number of thiophene rings is 1. The van der Waals surface area contributed by atoms with Crippen molar-refractivity contribution in [1.29, 1.82) is 0 Å². The van der Waals surface area contributed by atoms with Gasteiger partial charge in [-0.3, -0.25) is 9.69 Å². The number of hydrogen-bond acceptors (Lipinski definition) is 4. The van der Waals surface area contributed by atoms with E-state index in [4.69, 9.17) is 4.98 Å². The number of fused-ring (bicyclic) bond motifs is 1. The highest BCUT2D eigenvalue weighted by Crippen LogP contribution is 2.38. The van der Waals surface area contributed by atoms with E-state index in [1.54, 1.807) is 0 Å². The molecule has 0 amide bonds. The van der Waals surface area contributed by atoms with Gasteiger partial charge in [-0.25, -0.2) is 4.98 Å². The van der Waals surface area contributed by atoms with Gasteiger partial charge in [0, 0.05) is 36.0 Å². The fourth-order valence-corrected chi connectivity index (χ4v) is 4.60. The highest BCUT2D eigenvalue weighted by Gasteiger charge is 2.29. The van der Waals surface area contributed by atoms with Crippen molar-refractivity contribution in [2.45, 2.75) is 38.3 Å². The molecule has 3 heterocycles. The number of benzene rings is 1. The quantitative estimate of drug-likeness (QED) is 0.764. The van der Waals surface area contributed by atoms with Crippen LogP contribution in [0.5, 0.6) is 0 Å². The van der Waals surface area contributed by atoms with Crippen molar-refractivity contribution in [2.75, 3.05) is 6.54 Å². The molecule has 5 heteroatoms. The summed E-state index contributed by atoms with van der Waals surface area (Å²) in [5, 5.41) is 2.23. The number of nitrogens with one attached hydrogen (secondary N) is 1. The zero-order chi connectivity index (χ0) is 17.5. The smallest absolute Gasteiger partial charge is 0.254 e. The van der Waals surface area contributed by atoms with Gasteiger partial charge in [0.15, 0.2) is 0 Å². The Bertz CT molecular complexity index is 988. The summed E-state index contributed by atoms with van der Waals surface area (Å²) in [4.78, 5) is 23.9. The zero-order valence-corrected chi connectivity index (χ0v) is 15.4. The fourth-order valence-electron chi connectivity index (χ4n) is 3.66. The van der Waals surface area contributed by atoms with Crippen LogP contribution in [0.4, 0.5) is 0 Å². The molecule has 0 radical (unpaired) electrons. The van der Waals surface area contributed by atoms with E-state index < -0.39 is 0 Å². The normalized spacial score (nSPS) is 17.2. The summed E-state index contributed by atoms with van der Waals surface area (Å²) >= 11 is 1.81. The van der Waals surface area contributed by atoms with E-state index in [2.05, 4.69) is 45.6 Å². The monoisotopic (exact) mass is 363 g/mol. The van der Waals surface area contributed by atoms with Gasteiger partial charge in [-0.2, -0.15) is 0 Å². The third kappa shape index (κ3) is 3.13. The summed E-state index contributed by atoms with van der Waals surface area (Å²) in [5.74, 6) is 1.38. The van der Waals surface area contributed by atoms with Crippen LogP contribution in [-0.2, 0) is 19.5 Å². The van der Waals surface area contributed by atoms with Crippen molar-refractivity contribution in [1.82, 2.24) is 14.9 Å². The summed E-state index contributed by atoms with van der Waals surface area (Å²) in [7, 11) is 0. The summed E-state index contributed by atoms with van der Waals surface area (Å²) in [5.41, 5.74) is 4.51. The van der Waals surface area contributed by atoms with Crippen molar-refractivity contribution in [3.8, 4) is 11.1 Å². The SMILES string of the molecule is O=c1[nH]c(C2CC2)nc2c1CCN(Cc1cc(-c3ccccc3)cs1)C2. The first-order valence-corrected chi connectivity index (χ1v) is 10.1. The summed E-state index contributed by atoms with van der Waals surface area (Å²) in [6.07, 6.45) is 3.10. The molecule has 5 rings (SSSR count). The van der Waals surface area contributed by atoms with Crippen LogP contribution in [-0.4, -0.2) is 21.4 Å². The average molecular weight is 363 g/mol. The predicted octanol–water partition coefficient (Wildman–Crippen LogP) is 3.93. The van der Waals surface area contributed by atoms with Crippen molar-refractivity contribution >= 4 is 11.3 Å². The highest BCUT2D eigenvalue weighted by atomic mass is 32.1. The van der Waals surface area contributed by atoms with Crippen LogP contribution in [0.2, 0.25) is 0 Å². The van der Waals surface area contributed by atoms with Crippen LogP contribution in [0, 0.1) is 0 Å². The molecule has 26 heavy (non-hydrogen) atoms. The lowest BCUT2D eigenvalue weighted by Gasteiger charge is -2.27. The number of rotatable bonds is 4. The summed E-state index contributed by atoms with van der Waals surface area (Å²) in [6.45, 7) is 2.61. The molecule has 1 aliphatic carbocycles. The molecule has 2 aliphatic rings. The van der Waals surface area contributed by atoms with Crippen LogP contribution < -0.4 is 5.56 Å². The maximum Gasteiger partial charge on any atom is 0.254 e. The number of hydrogen-bond donors (Lipinski definition) is 1. The number of nitrogens with zero attached hydrogens (tertiary/aromatic N) is 2. The lowest BCUT2D eigenvalue weighted by Crippen LogP contribution is -2.35. The molecule has 0 spiro atoms. The van der Waals surface area contributed by atoms with Gasteiger partial charge >= 0.3 is 0 Å². The van der Waals surface area contributed by atoms with Crippen molar-refractivity contribution in [2.24, 2.45) is 0 Å². The number of aromatic amines is 1. The topological polar surface area (TPSA) is 49.0 Å². The maximum absolute atomic E-state index is 12.3. The van der Waals surface area contributed by atoms with E-state index in [1.807, 2.05) is 17.4 Å². The first-order chi connectivity index (χ1) is 12.8. The molecule has 2 aromatic heterocycles. The molecule has 0 bridgehead atoms. The van der Waals surface area contributed by atoms with Gasteiger partial charge in [0.1, 0.15) is 5.82 Å². The van der Waals surface area contributed by atoms with Gasteiger partial charge in [-0.05, 0) is 41.8 Å². The van der Waals surface area contributed by atoms with Crippen LogP contribution >= 0.6 is 11.3 Å². The number of aromatic nitrogens is 2. The second-order valence-corrected chi connectivity index (χ2v) is 8.27. The molecular formula is C21H21N3OS.